The Hall–Kier alpha value is -0.770. The van der Waals surface area contributed by atoms with E-state index in [9.17, 15) is 0 Å². The first-order chi connectivity index (χ1) is 7.69. The van der Waals surface area contributed by atoms with Crippen molar-refractivity contribution in [2.75, 3.05) is 0 Å². The van der Waals surface area contributed by atoms with Crippen LogP contribution in [0.15, 0.2) is 51.2 Å². The van der Waals surface area contributed by atoms with Crippen LogP contribution < -0.4 is 5.73 Å². The molecule has 2 N–H and O–H groups in total. The van der Waals surface area contributed by atoms with Crippen LogP contribution in [0.1, 0.15) is 19.3 Å². The second kappa shape index (κ2) is 3.62. The van der Waals surface area contributed by atoms with Crippen LogP contribution in [0.4, 0.5) is 0 Å². The van der Waals surface area contributed by atoms with E-state index in [1.54, 1.807) is 0 Å². The van der Waals surface area contributed by atoms with Crippen molar-refractivity contribution < 1.29 is 0 Å². The highest BCUT2D eigenvalue weighted by atomic mass is 127. The minimum absolute atomic E-state index is 0.0809. The van der Waals surface area contributed by atoms with Crippen molar-refractivity contribution in [2.24, 2.45) is 5.73 Å². The Bertz CT molecular complexity index is 486. The fraction of sp³-hybridized carbons (Fsp3) is 0.308. The Labute approximate surface area is 109 Å². The van der Waals surface area contributed by atoms with Gasteiger partial charge in [-0.2, -0.15) is 0 Å². The average Bonchev–Trinajstić information content (AvgIpc) is 2.26. The molecule has 82 valence electrons. The summed E-state index contributed by atoms with van der Waals surface area (Å²) in [6, 6.07) is 0. The number of rotatable bonds is 1. The van der Waals surface area contributed by atoms with E-state index in [1.807, 2.05) is 12.3 Å². The number of hydrogen-bond acceptors (Lipinski definition) is 2. The molecule has 3 rings (SSSR count). The molecule has 0 radical (unpaired) electrons. The lowest BCUT2D eigenvalue weighted by Gasteiger charge is -2.41. The quantitative estimate of drug-likeness (QED) is 0.594. The Kier molecular flexibility index (Phi) is 2.35. The zero-order chi connectivity index (χ0) is 11.2. The first kappa shape index (κ1) is 10.4. The van der Waals surface area contributed by atoms with E-state index in [0.29, 0.717) is 0 Å². The Morgan fingerprint density at radius 1 is 1.38 bits per heavy atom. The van der Waals surface area contributed by atoms with Crippen molar-refractivity contribution >= 4 is 22.6 Å². The van der Waals surface area contributed by atoms with Crippen LogP contribution in [-0.2, 0) is 0 Å². The summed E-state index contributed by atoms with van der Waals surface area (Å²) in [7, 11) is 0. The highest BCUT2D eigenvalue weighted by molar-refractivity contribution is 14.1. The van der Waals surface area contributed by atoms with E-state index in [0.717, 1.165) is 12.8 Å². The van der Waals surface area contributed by atoms with Crippen LogP contribution in [0.2, 0.25) is 0 Å². The Morgan fingerprint density at radius 2 is 2.19 bits per heavy atom. The maximum atomic E-state index is 6.33. The summed E-state index contributed by atoms with van der Waals surface area (Å²) in [5, 5.41) is 0. The van der Waals surface area contributed by atoms with E-state index in [-0.39, 0.29) is 5.54 Å². The molecule has 0 amide bonds. The van der Waals surface area contributed by atoms with E-state index < -0.39 is 0 Å². The second-order valence-corrected chi connectivity index (χ2v) is 5.67. The fourth-order valence-corrected chi connectivity index (χ4v) is 2.87. The highest BCUT2D eigenvalue weighted by Gasteiger charge is 2.36. The lowest BCUT2D eigenvalue weighted by molar-refractivity contribution is 0.300. The van der Waals surface area contributed by atoms with Crippen LogP contribution in [-0.4, -0.2) is 10.4 Å². The molecule has 0 unspecified atom stereocenters. The number of halogens is 1. The predicted octanol–water partition coefficient (Wildman–Crippen LogP) is 2.95. The van der Waals surface area contributed by atoms with E-state index in [4.69, 9.17) is 5.73 Å². The summed E-state index contributed by atoms with van der Waals surface area (Å²) in [6.07, 6.45) is 13.9. The molecule has 0 bridgehead atoms. The Morgan fingerprint density at radius 3 is 2.88 bits per heavy atom. The molecule has 1 aliphatic carbocycles. The third-order valence-electron chi connectivity index (χ3n) is 3.47. The third-order valence-corrected chi connectivity index (χ3v) is 4.33. The molecule has 0 aromatic rings. The molecule has 1 fully saturated rings. The predicted molar refractivity (Wildman–Crippen MR) is 73.5 cm³/mol. The van der Waals surface area contributed by atoms with Gasteiger partial charge in [0.05, 0.1) is 11.9 Å². The van der Waals surface area contributed by atoms with Crippen LogP contribution >= 0.6 is 22.6 Å². The number of nitrogens with zero attached hydrogens (tertiary/aromatic N) is 1. The van der Waals surface area contributed by atoms with Gasteiger partial charge in [0.2, 0.25) is 0 Å². The first-order valence-electron chi connectivity index (χ1n) is 5.49. The molecular formula is C13H13IN2. The van der Waals surface area contributed by atoms with E-state index >= 15 is 0 Å². The van der Waals surface area contributed by atoms with Gasteiger partial charge in [0.1, 0.15) is 0 Å². The molecule has 1 saturated carbocycles. The highest BCUT2D eigenvalue weighted by Crippen LogP contribution is 2.39. The lowest BCUT2D eigenvalue weighted by Crippen LogP contribution is -2.48. The molecule has 0 aromatic heterocycles. The lowest BCUT2D eigenvalue weighted by atomic mass is 9.72. The molecule has 3 aliphatic rings. The number of fused-ring (bicyclic) bond motifs is 1. The van der Waals surface area contributed by atoms with Gasteiger partial charge in [0.15, 0.2) is 0 Å². The van der Waals surface area contributed by atoms with Gasteiger partial charge in [-0.1, -0.05) is 6.08 Å². The summed E-state index contributed by atoms with van der Waals surface area (Å²) in [5.74, 6) is 0. The van der Waals surface area contributed by atoms with Gasteiger partial charge < -0.3 is 10.6 Å². The van der Waals surface area contributed by atoms with Crippen LogP contribution in [0.3, 0.4) is 0 Å². The van der Waals surface area contributed by atoms with Crippen molar-refractivity contribution in [1.82, 2.24) is 4.90 Å². The van der Waals surface area contributed by atoms with Crippen molar-refractivity contribution in [3.8, 4) is 0 Å². The summed E-state index contributed by atoms with van der Waals surface area (Å²) < 4.78 is 1.21. The minimum Gasteiger partial charge on any atom is -0.321 e. The van der Waals surface area contributed by atoms with Crippen molar-refractivity contribution in [2.45, 2.75) is 24.8 Å². The average molecular weight is 324 g/mol. The van der Waals surface area contributed by atoms with Crippen molar-refractivity contribution in [3.05, 3.63) is 51.2 Å². The summed E-state index contributed by atoms with van der Waals surface area (Å²) in [4.78, 5) is 2.12. The van der Waals surface area contributed by atoms with E-state index in [1.165, 1.54) is 21.3 Å². The molecule has 2 aliphatic heterocycles. The zero-order valence-corrected chi connectivity index (χ0v) is 11.1. The monoisotopic (exact) mass is 324 g/mol. The van der Waals surface area contributed by atoms with Gasteiger partial charge in [0, 0.05) is 15.3 Å². The van der Waals surface area contributed by atoms with Gasteiger partial charge in [-0.3, -0.25) is 0 Å². The normalized spacial score (nSPS) is 25.4. The molecule has 3 heteroatoms. The molecule has 0 saturated heterocycles. The maximum Gasteiger partial charge on any atom is 0.0595 e. The van der Waals surface area contributed by atoms with Gasteiger partial charge in [-0.25, -0.2) is 0 Å². The molecule has 2 heterocycles. The minimum atomic E-state index is -0.0809. The van der Waals surface area contributed by atoms with Gasteiger partial charge in [-0.05, 0) is 59.6 Å². The molecule has 0 aromatic carbocycles. The fourth-order valence-electron chi connectivity index (χ4n) is 2.23. The van der Waals surface area contributed by atoms with Crippen LogP contribution in [0, 0.1) is 0 Å². The topological polar surface area (TPSA) is 29.3 Å². The number of allylic oxidation sites excluding steroid dienone is 3. The SMILES string of the molecule is NC1(C2=CN3C=C=CC(I)=C3C=C2)CCC1. The summed E-state index contributed by atoms with van der Waals surface area (Å²) in [5.41, 5.74) is 11.8. The smallest absolute Gasteiger partial charge is 0.0595 e. The zero-order valence-electron chi connectivity index (χ0n) is 8.91. The Balaban J connectivity index is 1.98. The number of hydrogen-bond donors (Lipinski definition) is 1. The summed E-state index contributed by atoms with van der Waals surface area (Å²) >= 11 is 2.33. The first-order valence-corrected chi connectivity index (χ1v) is 6.57. The largest absolute Gasteiger partial charge is 0.321 e. The molecule has 0 atom stereocenters. The van der Waals surface area contributed by atoms with Gasteiger partial charge in [-0.15, -0.1) is 5.73 Å². The van der Waals surface area contributed by atoms with E-state index in [2.05, 4.69) is 51.6 Å². The van der Waals surface area contributed by atoms with Crippen molar-refractivity contribution in [1.29, 1.82) is 0 Å². The molecule has 0 spiro atoms. The second-order valence-electron chi connectivity index (χ2n) is 4.51. The standard InChI is InChI=1S/C13H13IN2/c14-11-3-1-8-16-9-10(4-5-12(11)16)13(15)6-2-7-13/h3-5,8-9H,2,6-7,15H2. The van der Waals surface area contributed by atoms with Gasteiger partial charge >= 0.3 is 0 Å². The molecule has 16 heavy (non-hydrogen) atoms. The van der Waals surface area contributed by atoms with Crippen molar-refractivity contribution in [3.63, 3.8) is 0 Å². The third kappa shape index (κ3) is 1.51. The van der Waals surface area contributed by atoms with Crippen LogP contribution in [0.25, 0.3) is 0 Å². The summed E-state index contributed by atoms with van der Waals surface area (Å²) in [6.45, 7) is 0. The van der Waals surface area contributed by atoms with Gasteiger partial charge in [0.25, 0.3) is 0 Å². The number of nitrogens with two attached hydrogens (primary N) is 1. The maximum absolute atomic E-state index is 6.33. The molecular weight excluding hydrogens is 311 g/mol. The van der Waals surface area contributed by atoms with Crippen LogP contribution in [0.5, 0.6) is 0 Å². The molecule has 2 nitrogen and oxygen atoms in total.